The van der Waals surface area contributed by atoms with Crippen LogP contribution in [0.3, 0.4) is 0 Å². The first-order valence-electron chi connectivity index (χ1n) is 6.59. The molecular weight excluding hydrogens is 275 g/mol. The number of ether oxygens (including phenoxy) is 2. The van der Waals surface area contributed by atoms with Gasteiger partial charge in [-0.15, -0.1) is 0 Å². The number of aliphatic hydroxyl groups excluding tert-OH is 1. The summed E-state index contributed by atoms with van der Waals surface area (Å²) >= 11 is 0. The molecule has 110 valence electrons. The molecule has 0 fully saturated rings. The van der Waals surface area contributed by atoms with Gasteiger partial charge in [-0.3, -0.25) is 0 Å². The van der Waals surface area contributed by atoms with E-state index in [-0.39, 0.29) is 5.75 Å². The fourth-order valence-electron chi connectivity index (χ4n) is 2.53. The van der Waals surface area contributed by atoms with Crippen LogP contribution in [-0.4, -0.2) is 17.3 Å². The van der Waals surface area contributed by atoms with Crippen LogP contribution in [0.4, 0.5) is 4.39 Å². The van der Waals surface area contributed by atoms with E-state index in [1.54, 1.807) is 12.1 Å². The standard InChI is InChI=1S/C16H15FO4/c1-20-14-5-2-9(6-13(14)19)15-8-12(18)11-4-3-10(17)7-16(11)21-15/h2-7,12,15,18-19H,8H2,1H3/t12-,15?/m0/s1. The van der Waals surface area contributed by atoms with Crippen LogP contribution in [0, 0.1) is 5.82 Å². The number of benzene rings is 2. The average Bonchev–Trinajstić information content (AvgIpc) is 2.46. The number of methoxy groups -OCH3 is 1. The van der Waals surface area contributed by atoms with E-state index in [1.165, 1.54) is 31.4 Å². The molecule has 0 aliphatic carbocycles. The summed E-state index contributed by atoms with van der Waals surface area (Å²) in [5.74, 6) is 0.271. The fourth-order valence-corrected chi connectivity index (χ4v) is 2.53. The zero-order valence-corrected chi connectivity index (χ0v) is 11.4. The minimum absolute atomic E-state index is 0.00173. The second-order valence-electron chi connectivity index (χ2n) is 4.97. The van der Waals surface area contributed by atoms with Gasteiger partial charge < -0.3 is 19.7 Å². The van der Waals surface area contributed by atoms with E-state index in [9.17, 15) is 14.6 Å². The van der Waals surface area contributed by atoms with Gasteiger partial charge in [0.15, 0.2) is 11.5 Å². The third kappa shape index (κ3) is 2.52. The summed E-state index contributed by atoms with van der Waals surface area (Å²) in [6.45, 7) is 0. The molecule has 1 aliphatic heterocycles. The zero-order valence-electron chi connectivity index (χ0n) is 11.4. The van der Waals surface area contributed by atoms with Gasteiger partial charge in [0.05, 0.1) is 13.2 Å². The lowest BCUT2D eigenvalue weighted by Gasteiger charge is -2.30. The molecule has 0 saturated carbocycles. The molecule has 1 heterocycles. The average molecular weight is 290 g/mol. The number of aromatic hydroxyl groups is 1. The van der Waals surface area contributed by atoms with Gasteiger partial charge in [-0.2, -0.15) is 0 Å². The summed E-state index contributed by atoms with van der Waals surface area (Å²) < 4.78 is 24.0. The minimum Gasteiger partial charge on any atom is -0.504 e. The predicted molar refractivity (Wildman–Crippen MR) is 74.0 cm³/mol. The summed E-state index contributed by atoms with van der Waals surface area (Å²) in [5, 5.41) is 20.0. The van der Waals surface area contributed by atoms with E-state index >= 15 is 0 Å². The Morgan fingerprint density at radius 2 is 2.05 bits per heavy atom. The first-order valence-corrected chi connectivity index (χ1v) is 6.59. The van der Waals surface area contributed by atoms with Crippen molar-refractivity contribution in [3.05, 3.63) is 53.3 Å². The molecule has 1 unspecified atom stereocenters. The number of fused-ring (bicyclic) bond motifs is 1. The van der Waals surface area contributed by atoms with Crippen LogP contribution >= 0.6 is 0 Å². The summed E-state index contributed by atoms with van der Waals surface area (Å²) in [4.78, 5) is 0. The Balaban J connectivity index is 1.93. The number of rotatable bonds is 2. The molecule has 2 N–H and O–H groups in total. The smallest absolute Gasteiger partial charge is 0.160 e. The molecule has 21 heavy (non-hydrogen) atoms. The van der Waals surface area contributed by atoms with E-state index < -0.39 is 18.0 Å². The van der Waals surface area contributed by atoms with Crippen molar-refractivity contribution in [1.82, 2.24) is 0 Å². The molecule has 5 heteroatoms. The molecule has 4 nitrogen and oxygen atoms in total. The Morgan fingerprint density at radius 1 is 1.24 bits per heavy atom. The molecule has 2 aromatic rings. The second kappa shape index (κ2) is 5.26. The highest BCUT2D eigenvalue weighted by molar-refractivity contribution is 5.44. The Kier molecular flexibility index (Phi) is 3.43. The molecule has 2 aromatic carbocycles. The summed E-state index contributed by atoms with van der Waals surface area (Å²) in [6, 6.07) is 8.98. The van der Waals surface area contributed by atoms with E-state index in [0.29, 0.717) is 29.0 Å². The third-order valence-corrected chi connectivity index (χ3v) is 3.62. The maximum absolute atomic E-state index is 13.3. The molecule has 1 aliphatic rings. The number of phenols is 1. The van der Waals surface area contributed by atoms with Crippen molar-refractivity contribution in [2.24, 2.45) is 0 Å². The summed E-state index contributed by atoms with van der Waals surface area (Å²) in [7, 11) is 1.47. The van der Waals surface area contributed by atoms with Crippen molar-refractivity contribution >= 4 is 0 Å². The highest BCUT2D eigenvalue weighted by atomic mass is 19.1. The Morgan fingerprint density at radius 3 is 2.76 bits per heavy atom. The number of hydrogen-bond donors (Lipinski definition) is 2. The lowest BCUT2D eigenvalue weighted by atomic mass is 9.95. The molecule has 2 atom stereocenters. The molecule has 0 radical (unpaired) electrons. The Labute approximate surface area is 121 Å². The number of halogens is 1. The monoisotopic (exact) mass is 290 g/mol. The van der Waals surface area contributed by atoms with Crippen LogP contribution in [0.2, 0.25) is 0 Å². The quantitative estimate of drug-likeness (QED) is 0.892. The summed E-state index contributed by atoms with van der Waals surface area (Å²) in [5.41, 5.74) is 1.27. The van der Waals surface area contributed by atoms with Gasteiger partial charge in [0.2, 0.25) is 0 Å². The topological polar surface area (TPSA) is 58.9 Å². The SMILES string of the molecule is COc1ccc(C2C[C@H](O)c3ccc(F)cc3O2)cc1O. The van der Waals surface area contributed by atoms with Gasteiger partial charge in [0.25, 0.3) is 0 Å². The van der Waals surface area contributed by atoms with E-state index in [1.807, 2.05) is 0 Å². The van der Waals surface area contributed by atoms with Crippen LogP contribution in [0.15, 0.2) is 36.4 Å². The molecule has 0 amide bonds. The van der Waals surface area contributed by atoms with E-state index in [2.05, 4.69) is 0 Å². The van der Waals surface area contributed by atoms with Crippen LogP contribution in [0.1, 0.15) is 29.8 Å². The third-order valence-electron chi connectivity index (χ3n) is 3.62. The number of phenolic OH excluding ortho intramolecular Hbond substituents is 1. The first kappa shape index (κ1) is 13.7. The molecule has 3 rings (SSSR count). The van der Waals surface area contributed by atoms with Crippen molar-refractivity contribution in [3.8, 4) is 17.2 Å². The van der Waals surface area contributed by atoms with Crippen molar-refractivity contribution < 1.29 is 24.1 Å². The van der Waals surface area contributed by atoms with E-state index in [0.717, 1.165) is 0 Å². The van der Waals surface area contributed by atoms with Gasteiger partial charge in [0, 0.05) is 18.1 Å². The predicted octanol–water partition coefficient (Wildman–Crippen LogP) is 3.10. The maximum atomic E-state index is 13.3. The number of hydrogen-bond acceptors (Lipinski definition) is 4. The second-order valence-corrected chi connectivity index (χ2v) is 4.97. The van der Waals surface area contributed by atoms with Crippen LogP contribution in [-0.2, 0) is 0 Å². The maximum Gasteiger partial charge on any atom is 0.160 e. The Bertz CT molecular complexity index is 671. The number of aliphatic hydroxyl groups is 1. The van der Waals surface area contributed by atoms with Crippen molar-refractivity contribution in [1.29, 1.82) is 0 Å². The normalized spacial score (nSPS) is 20.5. The van der Waals surface area contributed by atoms with Crippen molar-refractivity contribution in [2.45, 2.75) is 18.6 Å². The first-order chi connectivity index (χ1) is 10.1. The van der Waals surface area contributed by atoms with Gasteiger partial charge in [-0.1, -0.05) is 6.07 Å². The lowest BCUT2D eigenvalue weighted by molar-refractivity contribution is 0.0652. The minimum atomic E-state index is -0.733. The van der Waals surface area contributed by atoms with Gasteiger partial charge in [0.1, 0.15) is 17.7 Å². The largest absolute Gasteiger partial charge is 0.504 e. The van der Waals surface area contributed by atoms with Crippen LogP contribution in [0.5, 0.6) is 17.2 Å². The van der Waals surface area contributed by atoms with Crippen molar-refractivity contribution in [3.63, 3.8) is 0 Å². The molecule has 0 spiro atoms. The van der Waals surface area contributed by atoms with Gasteiger partial charge in [-0.05, 0) is 29.8 Å². The van der Waals surface area contributed by atoms with E-state index in [4.69, 9.17) is 9.47 Å². The zero-order chi connectivity index (χ0) is 15.0. The molecule has 0 bridgehead atoms. The van der Waals surface area contributed by atoms with Gasteiger partial charge >= 0.3 is 0 Å². The molecular formula is C16H15FO4. The summed E-state index contributed by atoms with van der Waals surface area (Å²) in [6.07, 6.45) is -0.848. The lowest BCUT2D eigenvalue weighted by Crippen LogP contribution is -2.19. The Hall–Kier alpha value is -2.27. The molecule has 0 aromatic heterocycles. The van der Waals surface area contributed by atoms with Crippen LogP contribution < -0.4 is 9.47 Å². The molecule has 0 saturated heterocycles. The van der Waals surface area contributed by atoms with Gasteiger partial charge in [-0.25, -0.2) is 4.39 Å². The fraction of sp³-hybridized carbons (Fsp3) is 0.250. The van der Waals surface area contributed by atoms with Crippen LogP contribution in [0.25, 0.3) is 0 Å². The highest BCUT2D eigenvalue weighted by Gasteiger charge is 2.28. The highest BCUT2D eigenvalue weighted by Crippen LogP contribution is 2.42. The van der Waals surface area contributed by atoms with Crippen molar-refractivity contribution in [2.75, 3.05) is 7.11 Å².